The van der Waals surface area contributed by atoms with E-state index in [1.54, 1.807) is 19.9 Å². The third-order valence-corrected chi connectivity index (χ3v) is 4.25. The van der Waals surface area contributed by atoms with Gasteiger partial charge in [0.15, 0.2) is 0 Å². The first-order chi connectivity index (χ1) is 10.8. The molecular weight excluding hydrogens is 405 g/mol. The van der Waals surface area contributed by atoms with Crippen molar-refractivity contribution in [2.45, 2.75) is 27.3 Å². The molecule has 0 radical (unpaired) electrons. The van der Waals surface area contributed by atoms with Crippen LogP contribution in [0.2, 0.25) is 0 Å². The van der Waals surface area contributed by atoms with E-state index >= 15 is 0 Å². The van der Waals surface area contributed by atoms with Crippen LogP contribution in [0.4, 0.5) is 5.69 Å². The van der Waals surface area contributed by atoms with Gasteiger partial charge in [0.25, 0.3) is 5.56 Å². The fourth-order valence-corrected chi connectivity index (χ4v) is 3.01. The molecule has 0 fully saturated rings. The summed E-state index contributed by atoms with van der Waals surface area (Å²) in [5, 5.41) is 11.9. The van der Waals surface area contributed by atoms with Gasteiger partial charge in [-0.15, -0.1) is 0 Å². The average molecular weight is 421 g/mol. The van der Waals surface area contributed by atoms with Crippen molar-refractivity contribution in [3.05, 3.63) is 60.6 Å². The Morgan fingerprint density at radius 1 is 1.26 bits per heavy atom. The van der Waals surface area contributed by atoms with Crippen LogP contribution in [0.3, 0.4) is 0 Å². The summed E-state index contributed by atoms with van der Waals surface area (Å²) in [7, 11) is 0. The first kappa shape index (κ1) is 17.2. The number of pyridine rings is 1. The van der Waals surface area contributed by atoms with Crippen molar-refractivity contribution in [2.24, 2.45) is 0 Å². The SMILES string of the molecule is Cc1cc(I)ccc1NC(=O)Cn1c(C)cc(C)c(C#N)c1=O. The van der Waals surface area contributed by atoms with E-state index in [0.29, 0.717) is 16.9 Å². The zero-order chi connectivity index (χ0) is 17.1. The number of anilines is 1. The lowest BCUT2D eigenvalue weighted by molar-refractivity contribution is -0.116. The standard InChI is InChI=1S/C17H16IN3O2/c1-10-6-12(3)21(17(23)14(10)8-19)9-16(22)20-15-5-4-13(18)7-11(15)2/h4-7H,9H2,1-3H3,(H,20,22). The number of benzene rings is 1. The second-order valence-electron chi connectivity index (χ2n) is 5.35. The zero-order valence-electron chi connectivity index (χ0n) is 13.1. The lowest BCUT2D eigenvalue weighted by Crippen LogP contribution is -2.31. The smallest absolute Gasteiger partial charge is 0.269 e. The number of carbonyl (C=O) groups excluding carboxylic acids is 1. The Kier molecular flexibility index (Phi) is 5.21. The molecule has 0 saturated carbocycles. The lowest BCUT2D eigenvalue weighted by atomic mass is 10.1. The van der Waals surface area contributed by atoms with Gasteiger partial charge in [-0.3, -0.25) is 9.59 Å². The van der Waals surface area contributed by atoms with Gasteiger partial charge in [-0.1, -0.05) is 0 Å². The van der Waals surface area contributed by atoms with Gasteiger partial charge in [0, 0.05) is 15.0 Å². The van der Waals surface area contributed by atoms with E-state index < -0.39 is 5.56 Å². The van der Waals surface area contributed by atoms with E-state index in [1.165, 1.54) is 4.57 Å². The minimum atomic E-state index is -0.431. The van der Waals surface area contributed by atoms with Gasteiger partial charge in [-0.25, -0.2) is 0 Å². The van der Waals surface area contributed by atoms with Crippen LogP contribution in [0, 0.1) is 35.7 Å². The molecule has 0 bridgehead atoms. The molecular formula is C17H16IN3O2. The average Bonchev–Trinajstić information content (AvgIpc) is 2.47. The summed E-state index contributed by atoms with van der Waals surface area (Å²) in [5.41, 5.74) is 2.60. The van der Waals surface area contributed by atoms with E-state index in [-0.39, 0.29) is 18.0 Å². The fraction of sp³-hybridized carbons (Fsp3) is 0.235. The van der Waals surface area contributed by atoms with Crippen molar-refractivity contribution in [2.75, 3.05) is 5.32 Å². The van der Waals surface area contributed by atoms with Crippen LogP contribution in [0.1, 0.15) is 22.4 Å². The van der Waals surface area contributed by atoms with Crippen LogP contribution in [0.5, 0.6) is 0 Å². The highest BCUT2D eigenvalue weighted by Crippen LogP contribution is 2.17. The van der Waals surface area contributed by atoms with Gasteiger partial charge in [0.1, 0.15) is 18.2 Å². The molecule has 2 rings (SSSR count). The van der Waals surface area contributed by atoms with Gasteiger partial charge < -0.3 is 9.88 Å². The number of nitriles is 1. The van der Waals surface area contributed by atoms with Gasteiger partial charge in [0.2, 0.25) is 5.91 Å². The number of rotatable bonds is 3. The highest BCUT2D eigenvalue weighted by Gasteiger charge is 2.13. The number of halogens is 1. The largest absolute Gasteiger partial charge is 0.324 e. The summed E-state index contributed by atoms with van der Waals surface area (Å²) in [6.45, 7) is 5.26. The predicted octanol–water partition coefficient (Wildman–Crippen LogP) is 2.89. The molecule has 0 aliphatic carbocycles. The van der Waals surface area contributed by atoms with Gasteiger partial charge in [0.05, 0.1) is 0 Å². The second-order valence-corrected chi connectivity index (χ2v) is 6.60. The van der Waals surface area contributed by atoms with Gasteiger partial charge in [-0.2, -0.15) is 5.26 Å². The predicted molar refractivity (Wildman–Crippen MR) is 97.4 cm³/mol. The molecule has 118 valence electrons. The number of nitrogens with one attached hydrogen (secondary N) is 1. The summed E-state index contributed by atoms with van der Waals surface area (Å²) >= 11 is 2.21. The molecule has 0 saturated heterocycles. The zero-order valence-corrected chi connectivity index (χ0v) is 15.3. The molecule has 2 aromatic rings. The Morgan fingerprint density at radius 2 is 1.96 bits per heavy atom. The second kappa shape index (κ2) is 6.96. The minimum Gasteiger partial charge on any atom is -0.324 e. The summed E-state index contributed by atoms with van der Waals surface area (Å²) in [6, 6.07) is 9.35. The molecule has 1 amide bonds. The van der Waals surface area contributed by atoms with Crippen molar-refractivity contribution in [1.29, 1.82) is 5.26 Å². The maximum absolute atomic E-state index is 12.3. The lowest BCUT2D eigenvalue weighted by Gasteiger charge is -2.13. The molecule has 0 unspecified atom stereocenters. The van der Waals surface area contributed by atoms with E-state index in [1.807, 2.05) is 31.2 Å². The van der Waals surface area contributed by atoms with Crippen LogP contribution in [0.15, 0.2) is 29.1 Å². The maximum atomic E-state index is 12.3. The quantitative estimate of drug-likeness (QED) is 0.775. The highest BCUT2D eigenvalue weighted by atomic mass is 127. The van der Waals surface area contributed by atoms with Crippen molar-refractivity contribution < 1.29 is 4.79 Å². The highest BCUT2D eigenvalue weighted by molar-refractivity contribution is 14.1. The molecule has 5 nitrogen and oxygen atoms in total. The minimum absolute atomic E-state index is 0.0776. The Balaban J connectivity index is 2.28. The molecule has 0 aliphatic heterocycles. The first-order valence-electron chi connectivity index (χ1n) is 7.00. The molecule has 0 aliphatic rings. The molecule has 1 N–H and O–H groups in total. The number of aryl methyl sites for hydroxylation is 3. The molecule has 0 atom stereocenters. The van der Waals surface area contributed by atoms with E-state index in [2.05, 4.69) is 27.9 Å². The number of hydrogen-bond donors (Lipinski definition) is 1. The third-order valence-electron chi connectivity index (χ3n) is 3.58. The third kappa shape index (κ3) is 3.79. The van der Waals surface area contributed by atoms with Crippen LogP contribution in [-0.4, -0.2) is 10.5 Å². The summed E-state index contributed by atoms with van der Waals surface area (Å²) in [5.74, 6) is -0.299. The van der Waals surface area contributed by atoms with Crippen LogP contribution in [0.25, 0.3) is 0 Å². The number of carbonyl (C=O) groups is 1. The summed E-state index contributed by atoms with van der Waals surface area (Å²) < 4.78 is 2.41. The van der Waals surface area contributed by atoms with Gasteiger partial charge in [-0.05, 0) is 78.8 Å². The number of aromatic nitrogens is 1. The normalized spacial score (nSPS) is 10.2. The van der Waals surface area contributed by atoms with Crippen LogP contribution < -0.4 is 10.9 Å². The number of hydrogen-bond acceptors (Lipinski definition) is 3. The monoisotopic (exact) mass is 421 g/mol. The molecule has 1 aromatic heterocycles. The Morgan fingerprint density at radius 3 is 2.57 bits per heavy atom. The topological polar surface area (TPSA) is 74.9 Å². The Labute approximate surface area is 148 Å². The number of amides is 1. The summed E-state index contributed by atoms with van der Waals surface area (Å²) in [4.78, 5) is 24.6. The van der Waals surface area contributed by atoms with E-state index in [9.17, 15) is 9.59 Å². The van der Waals surface area contributed by atoms with Gasteiger partial charge >= 0.3 is 0 Å². The van der Waals surface area contributed by atoms with Crippen LogP contribution in [-0.2, 0) is 11.3 Å². The number of nitrogens with zero attached hydrogens (tertiary/aromatic N) is 2. The van der Waals surface area contributed by atoms with Crippen molar-refractivity contribution in [3.8, 4) is 6.07 Å². The molecule has 1 heterocycles. The molecule has 6 heteroatoms. The van der Waals surface area contributed by atoms with Crippen molar-refractivity contribution >= 4 is 34.2 Å². The van der Waals surface area contributed by atoms with Crippen molar-refractivity contribution in [1.82, 2.24) is 4.57 Å². The first-order valence-corrected chi connectivity index (χ1v) is 8.08. The molecule has 23 heavy (non-hydrogen) atoms. The Bertz CT molecular complexity index is 879. The Hall–Kier alpha value is -2.14. The molecule has 1 aromatic carbocycles. The van der Waals surface area contributed by atoms with Crippen LogP contribution >= 0.6 is 22.6 Å². The fourth-order valence-electron chi connectivity index (χ4n) is 2.36. The summed E-state index contributed by atoms with van der Waals surface area (Å²) in [6.07, 6.45) is 0. The van der Waals surface area contributed by atoms with E-state index in [4.69, 9.17) is 5.26 Å². The van der Waals surface area contributed by atoms with Crippen molar-refractivity contribution in [3.63, 3.8) is 0 Å². The van der Waals surface area contributed by atoms with E-state index in [0.717, 1.165) is 9.13 Å². The maximum Gasteiger partial charge on any atom is 0.269 e. The molecule has 0 spiro atoms.